The molecule has 0 amide bonds. The van der Waals surface area contributed by atoms with Gasteiger partial charge in [0.25, 0.3) is 0 Å². The van der Waals surface area contributed by atoms with Gasteiger partial charge in [0.1, 0.15) is 0 Å². The van der Waals surface area contributed by atoms with Crippen molar-refractivity contribution in [2.45, 2.75) is 58.4 Å². The van der Waals surface area contributed by atoms with E-state index < -0.39 is 0 Å². The Labute approximate surface area is 89.9 Å². The molecule has 1 fully saturated rings. The zero-order valence-corrected chi connectivity index (χ0v) is 10.4. The van der Waals surface area contributed by atoms with Gasteiger partial charge in [-0.05, 0) is 32.4 Å². The van der Waals surface area contributed by atoms with Gasteiger partial charge in [0.2, 0.25) is 0 Å². The van der Waals surface area contributed by atoms with Gasteiger partial charge in [-0.1, -0.05) is 46.0 Å². The highest BCUT2D eigenvalue weighted by Crippen LogP contribution is 2.29. The molecule has 0 spiro atoms. The van der Waals surface area contributed by atoms with Crippen molar-refractivity contribution in [1.29, 1.82) is 0 Å². The summed E-state index contributed by atoms with van der Waals surface area (Å²) in [7, 11) is 4.46. The van der Waals surface area contributed by atoms with Crippen LogP contribution in [0.4, 0.5) is 0 Å². The highest BCUT2D eigenvalue weighted by molar-refractivity contribution is 4.76. The molecule has 1 atom stereocenters. The molecule has 0 N–H and O–H groups in total. The van der Waals surface area contributed by atoms with Gasteiger partial charge in [-0.2, -0.15) is 0 Å². The van der Waals surface area contributed by atoms with Crippen LogP contribution in [0.5, 0.6) is 0 Å². The molecule has 1 unspecified atom stereocenters. The van der Waals surface area contributed by atoms with E-state index >= 15 is 0 Å². The molecule has 84 valence electrons. The molecule has 0 bridgehead atoms. The summed E-state index contributed by atoms with van der Waals surface area (Å²) in [6.07, 6.45) is 8.81. The maximum atomic E-state index is 2.42. The summed E-state index contributed by atoms with van der Waals surface area (Å²) in [5.74, 6) is 1.81. The topological polar surface area (TPSA) is 3.24 Å². The fourth-order valence-corrected chi connectivity index (χ4v) is 2.84. The third-order valence-corrected chi connectivity index (χ3v) is 3.73. The minimum Gasteiger partial charge on any atom is -0.306 e. The first kappa shape index (κ1) is 12.0. The lowest BCUT2D eigenvalue weighted by Gasteiger charge is -2.33. The summed E-state index contributed by atoms with van der Waals surface area (Å²) < 4.78 is 0. The lowest BCUT2D eigenvalue weighted by Crippen LogP contribution is -2.35. The van der Waals surface area contributed by atoms with Crippen LogP contribution in [0.1, 0.15) is 52.4 Å². The van der Waals surface area contributed by atoms with E-state index in [0.717, 1.165) is 17.9 Å². The maximum Gasteiger partial charge on any atom is 0.0115 e. The van der Waals surface area contributed by atoms with Crippen LogP contribution in [0.25, 0.3) is 0 Å². The van der Waals surface area contributed by atoms with Gasteiger partial charge >= 0.3 is 0 Å². The molecule has 1 saturated carbocycles. The molecule has 1 aliphatic rings. The van der Waals surface area contributed by atoms with Gasteiger partial charge in [0.15, 0.2) is 0 Å². The van der Waals surface area contributed by atoms with Crippen molar-refractivity contribution >= 4 is 0 Å². The SMILES string of the molecule is CC(C)C(CC1CCCCC1)N(C)C. The van der Waals surface area contributed by atoms with E-state index in [0.29, 0.717) is 0 Å². The third kappa shape index (κ3) is 3.61. The van der Waals surface area contributed by atoms with E-state index in [9.17, 15) is 0 Å². The van der Waals surface area contributed by atoms with E-state index in [-0.39, 0.29) is 0 Å². The minimum atomic E-state index is 0.790. The largest absolute Gasteiger partial charge is 0.306 e. The Morgan fingerprint density at radius 2 is 1.64 bits per heavy atom. The summed E-state index contributed by atoms with van der Waals surface area (Å²) in [5, 5.41) is 0. The Hall–Kier alpha value is -0.0400. The number of hydrogen-bond acceptors (Lipinski definition) is 1. The van der Waals surface area contributed by atoms with Crippen LogP contribution < -0.4 is 0 Å². The summed E-state index contributed by atoms with van der Waals surface area (Å²) in [6.45, 7) is 4.71. The zero-order valence-electron chi connectivity index (χ0n) is 10.4. The van der Waals surface area contributed by atoms with Crippen LogP contribution in [-0.4, -0.2) is 25.0 Å². The second-order valence-electron chi connectivity index (χ2n) is 5.51. The summed E-state index contributed by atoms with van der Waals surface area (Å²) in [5.41, 5.74) is 0. The molecule has 0 aromatic carbocycles. The van der Waals surface area contributed by atoms with Crippen molar-refractivity contribution in [3.63, 3.8) is 0 Å². The second-order valence-corrected chi connectivity index (χ2v) is 5.51. The monoisotopic (exact) mass is 197 g/mol. The first-order valence-corrected chi connectivity index (χ1v) is 6.27. The smallest absolute Gasteiger partial charge is 0.0115 e. The van der Waals surface area contributed by atoms with Gasteiger partial charge in [-0.15, -0.1) is 0 Å². The van der Waals surface area contributed by atoms with Crippen LogP contribution in [0.3, 0.4) is 0 Å². The third-order valence-electron chi connectivity index (χ3n) is 3.73. The quantitative estimate of drug-likeness (QED) is 0.666. The predicted octanol–water partition coefficient (Wildman–Crippen LogP) is 3.54. The Morgan fingerprint density at radius 3 is 2.07 bits per heavy atom. The molecular weight excluding hydrogens is 170 g/mol. The molecule has 0 saturated heterocycles. The Morgan fingerprint density at radius 1 is 1.07 bits per heavy atom. The second kappa shape index (κ2) is 5.75. The first-order valence-electron chi connectivity index (χ1n) is 6.27. The van der Waals surface area contributed by atoms with Crippen molar-refractivity contribution in [2.75, 3.05) is 14.1 Å². The van der Waals surface area contributed by atoms with E-state index in [1.165, 1.54) is 38.5 Å². The molecule has 1 rings (SSSR count). The molecule has 1 nitrogen and oxygen atoms in total. The van der Waals surface area contributed by atoms with Crippen LogP contribution in [0.2, 0.25) is 0 Å². The molecule has 14 heavy (non-hydrogen) atoms. The van der Waals surface area contributed by atoms with Crippen molar-refractivity contribution in [3.05, 3.63) is 0 Å². The van der Waals surface area contributed by atoms with Gasteiger partial charge in [0.05, 0.1) is 0 Å². The van der Waals surface area contributed by atoms with Gasteiger partial charge < -0.3 is 4.90 Å². The molecule has 0 heterocycles. The normalized spacial score (nSPS) is 21.9. The van der Waals surface area contributed by atoms with Crippen molar-refractivity contribution in [1.82, 2.24) is 4.90 Å². The van der Waals surface area contributed by atoms with Gasteiger partial charge in [-0.25, -0.2) is 0 Å². The molecule has 1 heteroatoms. The maximum absolute atomic E-state index is 2.42. The molecule has 1 aliphatic carbocycles. The minimum absolute atomic E-state index is 0.790. The highest BCUT2D eigenvalue weighted by Gasteiger charge is 2.22. The Bertz CT molecular complexity index is 137. The van der Waals surface area contributed by atoms with Crippen LogP contribution in [0, 0.1) is 11.8 Å². The number of rotatable bonds is 4. The molecule has 0 radical (unpaired) electrons. The van der Waals surface area contributed by atoms with Gasteiger partial charge in [-0.3, -0.25) is 0 Å². The van der Waals surface area contributed by atoms with E-state index in [1.54, 1.807) is 0 Å². The number of hydrogen-bond donors (Lipinski definition) is 0. The molecular formula is C13H27N. The van der Waals surface area contributed by atoms with Crippen molar-refractivity contribution < 1.29 is 0 Å². The molecule has 0 aliphatic heterocycles. The summed E-state index contributed by atoms with van der Waals surface area (Å²) in [4.78, 5) is 2.42. The lowest BCUT2D eigenvalue weighted by molar-refractivity contribution is 0.173. The summed E-state index contributed by atoms with van der Waals surface area (Å²) in [6, 6.07) is 0.790. The standard InChI is InChI=1S/C13H27N/c1-11(2)13(14(3)4)10-12-8-6-5-7-9-12/h11-13H,5-10H2,1-4H3. The number of nitrogens with zero attached hydrogens (tertiary/aromatic N) is 1. The fourth-order valence-electron chi connectivity index (χ4n) is 2.84. The molecule has 0 aromatic rings. The first-order chi connectivity index (χ1) is 6.61. The Kier molecular flexibility index (Phi) is 4.94. The van der Waals surface area contributed by atoms with Crippen molar-refractivity contribution in [2.24, 2.45) is 11.8 Å². The van der Waals surface area contributed by atoms with Crippen LogP contribution >= 0.6 is 0 Å². The van der Waals surface area contributed by atoms with Crippen molar-refractivity contribution in [3.8, 4) is 0 Å². The van der Waals surface area contributed by atoms with Crippen LogP contribution in [-0.2, 0) is 0 Å². The fraction of sp³-hybridized carbons (Fsp3) is 1.00. The Balaban J connectivity index is 2.37. The predicted molar refractivity (Wildman–Crippen MR) is 63.5 cm³/mol. The van der Waals surface area contributed by atoms with E-state index in [1.807, 2.05) is 0 Å². The van der Waals surface area contributed by atoms with E-state index in [4.69, 9.17) is 0 Å². The highest BCUT2D eigenvalue weighted by atomic mass is 15.1. The zero-order chi connectivity index (χ0) is 10.6. The van der Waals surface area contributed by atoms with E-state index in [2.05, 4.69) is 32.8 Å². The average molecular weight is 197 g/mol. The average Bonchev–Trinajstić information content (AvgIpc) is 2.15. The summed E-state index contributed by atoms with van der Waals surface area (Å²) >= 11 is 0. The molecule has 0 aromatic heterocycles. The lowest BCUT2D eigenvalue weighted by atomic mass is 9.82. The van der Waals surface area contributed by atoms with Gasteiger partial charge in [0, 0.05) is 6.04 Å². The van der Waals surface area contributed by atoms with Crippen LogP contribution in [0.15, 0.2) is 0 Å².